The summed E-state index contributed by atoms with van der Waals surface area (Å²) in [5.74, 6) is -0.00833. The minimum atomic E-state index is -2.77. The summed E-state index contributed by atoms with van der Waals surface area (Å²) in [6.07, 6.45) is -2.77. The Morgan fingerprint density at radius 2 is 2.33 bits per heavy atom. The lowest BCUT2D eigenvalue weighted by Gasteiger charge is -2.10. The van der Waals surface area contributed by atoms with Gasteiger partial charge >= 0.3 is 0 Å². The Morgan fingerprint density at radius 1 is 1.67 bits per heavy atom. The summed E-state index contributed by atoms with van der Waals surface area (Å²) in [7, 11) is 1.28. The van der Waals surface area contributed by atoms with Crippen LogP contribution in [0.2, 0.25) is 0 Å². The molecule has 0 saturated carbocycles. The van der Waals surface area contributed by atoms with Gasteiger partial charge in [-0.1, -0.05) is 15.9 Å². The van der Waals surface area contributed by atoms with Crippen molar-refractivity contribution < 1.29 is 13.5 Å². The van der Waals surface area contributed by atoms with E-state index < -0.39 is 12.0 Å². The Morgan fingerprint density at radius 3 is 2.73 bits per heavy atom. The number of ether oxygens (including phenoxy) is 1. The van der Waals surface area contributed by atoms with Crippen LogP contribution in [0.3, 0.4) is 0 Å². The van der Waals surface area contributed by atoms with Crippen LogP contribution in [0.25, 0.3) is 0 Å². The molecule has 1 aromatic rings. The number of hydrogen-bond acceptors (Lipinski definition) is 3. The van der Waals surface area contributed by atoms with Crippen LogP contribution < -0.4 is 4.74 Å². The Kier molecular flexibility index (Phi) is 3.97. The van der Waals surface area contributed by atoms with E-state index in [2.05, 4.69) is 20.9 Å². The zero-order valence-corrected chi connectivity index (χ0v) is 9.38. The quantitative estimate of drug-likeness (QED) is 0.798. The zero-order chi connectivity index (χ0) is 11.4. The van der Waals surface area contributed by atoms with E-state index in [-0.39, 0.29) is 11.4 Å². The molecule has 0 atom stereocenters. The van der Waals surface area contributed by atoms with Gasteiger partial charge in [-0.2, -0.15) is 5.26 Å². The molecule has 1 heterocycles. The molecule has 6 heteroatoms. The summed E-state index contributed by atoms with van der Waals surface area (Å²) in [5, 5.41) is 9.07. The lowest BCUT2D eigenvalue weighted by Crippen LogP contribution is -2.01. The SMILES string of the molecule is COc1cc(CBr)nc(C#N)c1C(F)F. The fourth-order valence-electron chi connectivity index (χ4n) is 1.12. The minimum absolute atomic E-state index is 0.00833. The van der Waals surface area contributed by atoms with Crippen molar-refractivity contribution in [3.8, 4) is 11.8 Å². The second-order valence-corrected chi connectivity index (χ2v) is 3.19. The molecular formula is C9H7BrF2N2O. The first-order valence-corrected chi connectivity index (χ1v) is 5.08. The summed E-state index contributed by atoms with van der Waals surface area (Å²) in [6.45, 7) is 0. The fraction of sp³-hybridized carbons (Fsp3) is 0.333. The molecular weight excluding hydrogens is 270 g/mol. The summed E-state index contributed by atoms with van der Waals surface area (Å²) < 4.78 is 30.0. The first-order chi connectivity index (χ1) is 7.13. The maximum absolute atomic E-state index is 12.6. The third-order valence-electron chi connectivity index (χ3n) is 1.75. The van der Waals surface area contributed by atoms with Crippen LogP contribution >= 0.6 is 15.9 Å². The number of nitriles is 1. The Labute approximate surface area is 93.8 Å². The molecule has 0 aliphatic rings. The van der Waals surface area contributed by atoms with Crippen molar-refractivity contribution in [3.63, 3.8) is 0 Å². The number of pyridine rings is 1. The minimum Gasteiger partial charge on any atom is -0.496 e. The smallest absolute Gasteiger partial charge is 0.270 e. The highest BCUT2D eigenvalue weighted by Crippen LogP contribution is 2.31. The van der Waals surface area contributed by atoms with Crippen LogP contribution in [0, 0.1) is 11.3 Å². The van der Waals surface area contributed by atoms with E-state index in [0.29, 0.717) is 11.0 Å². The highest BCUT2D eigenvalue weighted by Gasteiger charge is 2.21. The van der Waals surface area contributed by atoms with Crippen LogP contribution in [0.1, 0.15) is 23.4 Å². The highest BCUT2D eigenvalue weighted by molar-refractivity contribution is 9.08. The lowest BCUT2D eigenvalue weighted by atomic mass is 10.1. The van der Waals surface area contributed by atoms with Crippen molar-refractivity contribution in [2.75, 3.05) is 7.11 Å². The van der Waals surface area contributed by atoms with Gasteiger partial charge in [0.2, 0.25) is 0 Å². The van der Waals surface area contributed by atoms with Gasteiger partial charge in [0.05, 0.1) is 18.4 Å². The molecule has 0 amide bonds. The first-order valence-electron chi connectivity index (χ1n) is 3.96. The van der Waals surface area contributed by atoms with Gasteiger partial charge in [0.1, 0.15) is 11.8 Å². The predicted octanol–water partition coefficient (Wildman–Crippen LogP) is 2.79. The topological polar surface area (TPSA) is 45.9 Å². The van der Waals surface area contributed by atoms with Crippen LogP contribution in [0.4, 0.5) is 8.78 Å². The number of halogens is 3. The lowest BCUT2D eigenvalue weighted by molar-refractivity contribution is 0.146. The Balaban J connectivity index is 3.41. The molecule has 0 bridgehead atoms. The molecule has 0 aliphatic heterocycles. The summed E-state index contributed by atoms with van der Waals surface area (Å²) in [5.41, 5.74) is -0.267. The van der Waals surface area contributed by atoms with Gasteiger partial charge in [-0.05, 0) is 0 Å². The molecule has 3 nitrogen and oxygen atoms in total. The van der Waals surface area contributed by atoms with Gasteiger partial charge in [0.25, 0.3) is 6.43 Å². The van der Waals surface area contributed by atoms with Crippen molar-refractivity contribution in [2.45, 2.75) is 11.8 Å². The van der Waals surface area contributed by atoms with Gasteiger partial charge in [-0.15, -0.1) is 0 Å². The number of aromatic nitrogens is 1. The van der Waals surface area contributed by atoms with Crippen molar-refractivity contribution >= 4 is 15.9 Å². The molecule has 1 rings (SSSR count). The largest absolute Gasteiger partial charge is 0.496 e. The van der Waals surface area contributed by atoms with Crippen LogP contribution in [-0.2, 0) is 5.33 Å². The van der Waals surface area contributed by atoms with Gasteiger partial charge < -0.3 is 4.74 Å². The fourth-order valence-corrected chi connectivity index (χ4v) is 1.40. The summed E-state index contributed by atoms with van der Waals surface area (Å²) in [6, 6.07) is 3.02. The second-order valence-electron chi connectivity index (χ2n) is 2.62. The van der Waals surface area contributed by atoms with Gasteiger partial charge in [-0.3, -0.25) is 0 Å². The summed E-state index contributed by atoms with van der Waals surface area (Å²) in [4.78, 5) is 3.77. The third kappa shape index (κ3) is 2.42. The van der Waals surface area contributed by atoms with E-state index in [1.165, 1.54) is 13.2 Å². The van der Waals surface area contributed by atoms with Crippen molar-refractivity contribution in [1.82, 2.24) is 4.98 Å². The molecule has 0 aliphatic carbocycles. The molecule has 0 N–H and O–H groups in total. The highest BCUT2D eigenvalue weighted by atomic mass is 79.9. The van der Waals surface area contributed by atoms with Gasteiger partial charge in [0.15, 0.2) is 5.69 Å². The molecule has 0 fully saturated rings. The van der Waals surface area contributed by atoms with Crippen molar-refractivity contribution in [1.29, 1.82) is 5.26 Å². The van der Waals surface area contributed by atoms with E-state index >= 15 is 0 Å². The first kappa shape index (κ1) is 11.9. The zero-order valence-electron chi connectivity index (χ0n) is 7.80. The molecule has 0 spiro atoms. The average molecular weight is 277 g/mol. The molecule has 80 valence electrons. The normalized spacial score (nSPS) is 10.1. The molecule has 15 heavy (non-hydrogen) atoms. The molecule has 0 saturated heterocycles. The number of methoxy groups -OCH3 is 1. The second kappa shape index (κ2) is 5.03. The molecule has 0 radical (unpaired) electrons. The standard InChI is InChI=1S/C9H7BrF2N2O/c1-15-7-2-5(3-10)14-6(4-13)8(7)9(11)12/h2,9H,3H2,1H3. The maximum Gasteiger partial charge on any atom is 0.270 e. The predicted molar refractivity (Wildman–Crippen MR) is 53.1 cm³/mol. The summed E-state index contributed by atoms with van der Waals surface area (Å²) >= 11 is 3.13. The van der Waals surface area contributed by atoms with E-state index in [1.54, 1.807) is 6.07 Å². The molecule has 1 aromatic heterocycles. The van der Waals surface area contributed by atoms with Crippen LogP contribution in [-0.4, -0.2) is 12.1 Å². The van der Waals surface area contributed by atoms with Gasteiger partial charge in [0, 0.05) is 11.4 Å². The van der Waals surface area contributed by atoms with Gasteiger partial charge in [-0.25, -0.2) is 13.8 Å². The molecule has 0 aromatic carbocycles. The molecule has 0 unspecified atom stereocenters. The number of rotatable bonds is 3. The van der Waals surface area contributed by atoms with Crippen molar-refractivity contribution in [2.24, 2.45) is 0 Å². The maximum atomic E-state index is 12.6. The third-order valence-corrected chi connectivity index (χ3v) is 2.33. The van der Waals surface area contributed by atoms with E-state index in [1.807, 2.05) is 0 Å². The number of hydrogen-bond donors (Lipinski definition) is 0. The van der Waals surface area contributed by atoms with E-state index in [9.17, 15) is 8.78 Å². The number of nitrogens with zero attached hydrogens (tertiary/aromatic N) is 2. The average Bonchev–Trinajstić information content (AvgIpc) is 2.26. The number of alkyl halides is 3. The van der Waals surface area contributed by atoms with Crippen LogP contribution in [0.5, 0.6) is 5.75 Å². The monoisotopic (exact) mass is 276 g/mol. The van der Waals surface area contributed by atoms with Crippen molar-refractivity contribution in [3.05, 3.63) is 23.0 Å². The Bertz CT molecular complexity index is 404. The van der Waals surface area contributed by atoms with E-state index in [0.717, 1.165) is 0 Å². The Hall–Kier alpha value is -1.22. The van der Waals surface area contributed by atoms with Crippen LogP contribution in [0.15, 0.2) is 6.07 Å². The van der Waals surface area contributed by atoms with E-state index in [4.69, 9.17) is 10.00 Å².